The van der Waals surface area contributed by atoms with Crippen molar-refractivity contribution in [2.24, 2.45) is 0 Å². The smallest absolute Gasteiger partial charge is 0.334 e. The number of carbonyl (C=O) groups is 1. The lowest BCUT2D eigenvalue weighted by Crippen LogP contribution is -2.07. The van der Waals surface area contributed by atoms with Crippen LogP contribution in [0.5, 0.6) is 0 Å². The largest absolute Gasteiger partial charge is 0.455 e. The molecule has 0 radical (unpaired) electrons. The molecular weight excluding hydrogens is 164 g/mol. The lowest BCUT2D eigenvalue weighted by atomic mass is 10.1. The summed E-state index contributed by atoms with van der Waals surface area (Å²) in [6.45, 7) is 5.70. The van der Waals surface area contributed by atoms with Crippen molar-refractivity contribution < 1.29 is 9.53 Å². The predicted octanol–water partition coefficient (Wildman–Crippen LogP) is 2.60. The van der Waals surface area contributed by atoms with Gasteiger partial charge in [-0.05, 0) is 25.3 Å². The molecule has 2 heteroatoms. The van der Waals surface area contributed by atoms with Gasteiger partial charge in [-0.25, -0.2) is 4.79 Å². The maximum Gasteiger partial charge on any atom is 0.334 e. The first-order chi connectivity index (χ1) is 6.27. The Morgan fingerprint density at radius 3 is 3.08 bits per heavy atom. The number of esters is 1. The van der Waals surface area contributed by atoms with Gasteiger partial charge < -0.3 is 4.74 Å². The molecule has 0 aliphatic carbocycles. The molecule has 0 fully saturated rings. The molecule has 0 aromatic rings. The minimum Gasteiger partial charge on any atom is -0.455 e. The zero-order valence-electron chi connectivity index (χ0n) is 8.08. The van der Waals surface area contributed by atoms with Gasteiger partial charge in [0.15, 0.2) is 0 Å². The summed E-state index contributed by atoms with van der Waals surface area (Å²) >= 11 is 0. The highest BCUT2D eigenvalue weighted by Crippen LogP contribution is 2.20. The molecule has 0 aromatic carbocycles. The Morgan fingerprint density at radius 2 is 2.46 bits per heavy atom. The number of hydrogen-bond acceptors (Lipinski definition) is 2. The van der Waals surface area contributed by atoms with E-state index in [1.807, 2.05) is 12.2 Å². The lowest BCUT2D eigenvalue weighted by molar-refractivity contribution is -0.139. The molecule has 0 unspecified atom stereocenters. The minimum atomic E-state index is -0.129. The second-order valence-electron chi connectivity index (χ2n) is 3.25. The van der Waals surface area contributed by atoms with Crippen LogP contribution in [-0.4, -0.2) is 12.1 Å². The zero-order valence-corrected chi connectivity index (χ0v) is 8.08. The molecular formula is C11H16O2. The summed E-state index contributed by atoms with van der Waals surface area (Å²) in [5.74, 6) is -0.129. The van der Waals surface area contributed by atoms with E-state index in [1.54, 1.807) is 0 Å². The van der Waals surface area contributed by atoms with Crippen molar-refractivity contribution in [2.45, 2.75) is 38.7 Å². The van der Waals surface area contributed by atoms with Crippen LogP contribution in [0, 0.1) is 0 Å². The van der Waals surface area contributed by atoms with Crippen molar-refractivity contribution in [3.63, 3.8) is 0 Å². The van der Waals surface area contributed by atoms with Gasteiger partial charge in [0.2, 0.25) is 0 Å². The Balaban J connectivity index is 2.45. The summed E-state index contributed by atoms with van der Waals surface area (Å²) in [7, 11) is 0. The monoisotopic (exact) mass is 180 g/mol. The first kappa shape index (κ1) is 10.0. The Morgan fingerprint density at radius 1 is 1.69 bits per heavy atom. The van der Waals surface area contributed by atoms with Gasteiger partial charge in [0, 0.05) is 5.57 Å². The molecule has 72 valence electrons. The summed E-state index contributed by atoms with van der Waals surface area (Å²) < 4.78 is 5.15. The van der Waals surface area contributed by atoms with Gasteiger partial charge in [0.25, 0.3) is 0 Å². The second-order valence-corrected chi connectivity index (χ2v) is 3.25. The van der Waals surface area contributed by atoms with Crippen LogP contribution in [0.1, 0.15) is 32.6 Å². The van der Waals surface area contributed by atoms with E-state index in [0.717, 1.165) is 31.3 Å². The average molecular weight is 180 g/mol. The third-order valence-corrected chi connectivity index (χ3v) is 2.08. The predicted molar refractivity (Wildman–Crippen MR) is 52.3 cm³/mol. The molecule has 1 aliphatic rings. The van der Waals surface area contributed by atoms with Crippen LogP contribution in [0.3, 0.4) is 0 Å². The molecule has 1 rings (SSSR count). The first-order valence-corrected chi connectivity index (χ1v) is 4.80. The maximum absolute atomic E-state index is 11.2. The van der Waals surface area contributed by atoms with Gasteiger partial charge in [-0.1, -0.05) is 19.4 Å². The quantitative estimate of drug-likeness (QED) is 0.480. The van der Waals surface area contributed by atoms with Crippen molar-refractivity contribution in [3.05, 3.63) is 24.3 Å². The molecule has 0 aromatic heterocycles. The second kappa shape index (κ2) is 4.85. The Hall–Kier alpha value is -1.05. The third kappa shape index (κ3) is 2.72. The normalized spacial score (nSPS) is 21.2. The molecule has 1 atom stereocenters. The van der Waals surface area contributed by atoms with Gasteiger partial charge in [-0.15, -0.1) is 6.58 Å². The molecule has 0 amide bonds. The number of carbonyl (C=O) groups excluding carboxylic acids is 1. The van der Waals surface area contributed by atoms with Gasteiger partial charge in [-0.3, -0.25) is 0 Å². The van der Waals surface area contributed by atoms with Crippen LogP contribution in [0.25, 0.3) is 0 Å². The molecule has 0 saturated heterocycles. The summed E-state index contributed by atoms with van der Waals surface area (Å²) in [4.78, 5) is 11.2. The average Bonchev–Trinajstić information content (AvgIpc) is 2.45. The molecule has 0 N–H and O–H groups in total. The number of cyclic esters (lactones) is 1. The van der Waals surface area contributed by atoms with Crippen LogP contribution in [-0.2, 0) is 9.53 Å². The Labute approximate surface area is 79.3 Å². The van der Waals surface area contributed by atoms with E-state index in [0.29, 0.717) is 0 Å². The molecule has 2 nitrogen and oxygen atoms in total. The van der Waals surface area contributed by atoms with Crippen molar-refractivity contribution in [1.82, 2.24) is 0 Å². The van der Waals surface area contributed by atoms with Gasteiger partial charge in [0.1, 0.15) is 6.10 Å². The van der Waals surface area contributed by atoms with Gasteiger partial charge >= 0.3 is 5.97 Å². The Kier molecular flexibility index (Phi) is 3.74. The fourth-order valence-electron chi connectivity index (χ4n) is 1.42. The van der Waals surface area contributed by atoms with Crippen molar-refractivity contribution in [2.75, 3.05) is 0 Å². The summed E-state index contributed by atoms with van der Waals surface area (Å²) in [6.07, 6.45) is 7.39. The fraction of sp³-hybridized carbons (Fsp3) is 0.545. The molecule has 1 aliphatic heterocycles. The highest BCUT2D eigenvalue weighted by atomic mass is 16.5. The van der Waals surface area contributed by atoms with Crippen LogP contribution < -0.4 is 0 Å². The molecule has 0 bridgehead atoms. The van der Waals surface area contributed by atoms with Crippen LogP contribution in [0.15, 0.2) is 24.3 Å². The summed E-state index contributed by atoms with van der Waals surface area (Å²) in [5, 5.41) is 0. The molecule has 13 heavy (non-hydrogen) atoms. The maximum atomic E-state index is 11.2. The Bertz CT molecular complexity index is 228. The van der Waals surface area contributed by atoms with Gasteiger partial charge in [-0.2, -0.15) is 0 Å². The number of hydrogen-bond donors (Lipinski definition) is 0. The van der Waals surface area contributed by atoms with E-state index in [1.165, 1.54) is 0 Å². The topological polar surface area (TPSA) is 26.3 Å². The molecule has 0 saturated carbocycles. The zero-order chi connectivity index (χ0) is 9.68. The van der Waals surface area contributed by atoms with E-state index >= 15 is 0 Å². The standard InChI is InChI=1S/C11H16O2/c1-3-5-7-10-8-9(6-4-2)11(12)13-10/h3,8,10H,1,4-7H2,2H3/t10-/m1/s1. The van der Waals surface area contributed by atoms with Gasteiger partial charge in [0.05, 0.1) is 0 Å². The van der Waals surface area contributed by atoms with E-state index in [9.17, 15) is 4.79 Å². The molecule has 1 heterocycles. The lowest BCUT2D eigenvalue weighted by Gasteiger charge is -2.04. The van der Waals surface area contributed by atoms with Crippen LogP contribution in [0.2, 0.25) is 0 Å². The summed E-state index contributed by atoms with van der Waals surface area (Å²) in [6, 6.07) is 0. The highest BCUT2D eigenvalue weighted by Gasteiger charge is 2.23. The number of rotatable bonds is 5. The van der Waals surface area contributed by atoms with Crippen LogP contribution >= 0.6 is 0 Å². The van der Waals surface area contributed by atoms with E-state index < -0.39 is 0 Å². The minimum absolute atomic E-state index is 0.00736. The molecule has 0 spiro atoms. The summed E-state index contributed by atoms with van der Waals surface area (Å²) in [5.41, 5.74) is 0.844. The third-order valence-electron chi connectivity index (χ3n) is 2.08. The van der Waals surface area contributed by atoms with Crippen molar-refractivity contribution >= 4 is 5.97 Å². The number of allylic oxidation sites excluding steroid dienone is 1. The van der Waals surface area contributed by atoms with Crippen molar-refractivity contribution in [1.29, 1.82) is 0 Å². The van der Waals surface area contributed by atoms with E-state index in [-0.39, 0.29) is 12.1 Å². The number of ether oxygens (including phenoxy) is 1. The van der Waals surface area contributed by atoms with Crippen molar-refractivity contribution in [3.8, 4) is 0 Å². The van der Waals surface area contributed by atoms with E-state index in [4.69, 9.17) is 4.74 Å². The van der Waals surface area contributed by atoms with Crippen LogP contribution in [0.4, 0.5) is 0 Å². The fourth-order valence-corrected chi connectivity index (χ4v) is 1.42. The first-order valence-electron chi connectivity index (χ1n) is 4.80. The van der Waals surface area contributed by atoms with E-state index in [2.05, 4.69) is 13.5 Å². The highest BCUT2D eigenvalue weighted by molar-refractivity contribution is 5.90. The SMILES string of the molecule is C=CCC[C@@H]1C=C(CCC)C(=O)O1.